The second-order valence-electron chi connectivity index (χ2n) is 36.6. The molecule has 40 heteroatoms. The largest absolute Gasteiger partial charge is 0.335 e. The number of aromatic amines is 8. The van der Waals surface area contributed by atoms with Crippen molar-refractivity contribution in [2.45, 2.75) is 68.2 Å². The molecule has 37 nitrogen and oxygen atoms in total. The molecule has 0 saturated heterocycles. The normalized spacial score (nSPS) is 11.5. The van der Waals surface area contributed by atoms with Gasteiger partial charge in [0.25, 0.3) is 0 Å². The second-order valence-corrected chi connectivity index (χ2v) is 36.6. The topological polar surface area (TPSA) is 513 Å². The van der Waals surface area contributed by atoms with Crippen molar-refractivity contribution in [1.82, 2.24) is 145 Å². The van der Waals surface area contributed by atoms with Crippen LogP contribution in [0.2, 0.25) is 0 Å². The van der Waals surface area contributed by atoms with Crippen molar-refractivity contribution in [3.8, 4) is 135 Å². The molecule has 12 N–H and O–H groups in total. The SMILES string of the molecule is CC(C)C(=O)Nc1cncc(-c2cnc3n[nH]c(-c4nc5c(-c6ccc(F)cc6)cncc5[nH]4)c3c2)c1.CC(C)C(=O)Nc1cncc(-c2cnc3n[nH]c(-c4nc5c(-c6cccc(F)c6)cncc5[nH]4)c3c2)c1.CC(C)CC(=O)Nc1cncc(-c2cnc3n[nH]c(-c4nc5c(-c6ccc(F)cc6)cncc5[nH]4)c3c2)c1.CC(C)CC(=O)Nc1cncc(-c2cnc3n[nH]c(-c4nc5c(-c6cccnc6)cncc5[nH]4)c3c2)c1. The van der Waals surface area contributed by atoms with Gasteiger partial charge in [0.15, 0.2) is 45.9 Å². The molecule has 0 atom stereocenters. The molecule has 24 rings (SSSR count). The van der Waals surface area contributed by atoms with E-state index >= 15 is 0 Å². The Morgan fingerprint density at radius 1 is 0.275 bits per heavy atom. The number of halogens is 3. The zero-order chi connectivity index (χ0) is 103. The summed E-state index contributed by atoms with van der Waals surface area (Å²) in [5.74, 6) is 1.40. The summed E-state index contributed by atoms with van der Waals surface area (Å²) in [5, 5.41) is 44.3. The van der Waals surface area contributed by atoms with Gasteiger partial charge in [0.2, 0.25) is 23.6 Å². The zero-order valence-corrected chi connectivity index (χ0v) is 80.8. The van der Waals surface area contributed by atoms with Gasteiger partial charge in [-0.15, -0.1) is 0 Å². The third kappa shape index (κ3) is 20.6. The van der Waals surface area contributed by atoms with Crippen LogP contribution in [0.25, 0.3) is 223 Å². The van der Waals surface area contributed by atoms with Crippen molar-refractivity contribution < 1.29 is 32.3 Å². The van der Waals surface area contributed by atoms with E-state index in [2.05, 4.69) is 147 Å². The van der Waals surface area contributed by atoms with E-state index in [-0.39, 0.29) is 64.8 Å². The van der Waals surface area contributed by atoms with Crippen LogP contribution >= 0.6 is 0 Å². The molecule has 0 unspecified atom stereocenters. The number of carbonyl (C=O) groups excluding carboxylic acids is 4. The van der Waals surface area contributed by atoms with Crippen molar-refractivity contribution in [2.75, 3.05) is 21.3 Å². The molecule has 4 amide bonds. The van der Waals surface area contributed by atoms with Crippen LogP contribution in [0.15, 0.2) is 270 Å². The number of aromatic nitrogens is 29. The first kappa shape index (κ1) is 95.2. The Labute approximate surface area is 843 Å². The second kappa shape index (κ2) is 41.2. The van der Waals surface area contributed by atoms with Gasteiger partial charge < -0.3 is 41.2 Å². The minimum Gasteiger partial charge on any atom is -0.335 e. The Morgan fingerprint density at radius 3 is 0.866 bits per heavy atom. The highest BCUT2D eigenvalue weighted by atomic mass is 19.1. The molecule has 0 aliphatic heterocycles. The van der Waals surface area contributed by atoms with Gasteiger partial charge in [-0.1, -0.05) is 97.9 Å². The lowest BCUT2D eigenvalue weighted by Gasteiger charge is -2.09. The highest BCUT2D eigenvalue weighted by molar-refractivity contribution is 6.04. The summed E-state index contributed by atoms with van der Waals surface area (Å²) >= 11 is 0. The van der Waals surface area contributed by atoms with Gasteiger partial charge >= 0.3 is 0 Å². The van der Waals surface area contributed by atoms with Crippen LogP contribution in [0.4, 0.5) is 35.9 Å². The van der Waals surface area contributed by atoms with E-state index in [1.54, 1.807) is 167 Å². The van der Waals surface area contributed by atoms with Crippen molar-refractivity contribution in [3.63, 3.8) is 0 Å². The Hall–Kier alpha value is -20.0. The molecule has 149 heavy (non-hydrogen) atoms. The predicted octanol–water partition coefficient (Wildman–Crippen LogP) is 21.5. The number of imidazole rings is 4. The Bertz CT molecular complexity index is 9190. The number of fused-ring (bicyclic) bond motifs is 8. The Balaban J connectivity index is 0.000000116. The number of hydrogen-bond acceptors (Lipinski definition) is 25. The highest BCUT2D eigenvalue weighted by Gasteiger charge is 2.26. The summed E-state index contributed by atoms with van der Waals surface area (Å²) in [4.78, 5) is 138. The molecule has 21 aromatic heterocycles. The molecule has 0 saturated carbocycles. The Kier molecular flexibility index (Phi) is 26.3. The average molecular weight is 1980 g/mol. The summed E-state index contributed by atoms with van der Waals surface area (Å²) in [6, 6.07) is 38.0. The maximum Gasteiger partial charge on any atom is 0.226 e. The molecular formula is C109H88F3N33O4. The van der Waals surface area contributed by atoms with Crippen LogP contribution in [0, 0.1) is 41.1 Å². The lowest BCUT2D eigenvalue weighted by atomic mass is 10.1. The molecule has 734 valence electrons. The third-order valence-corrected chi connectivity index (χ3v) is 24.2. The summed E-state index contributed by atoms with van der Waals surface area (Å²) in [6.45, 7) is 15.4. The number of nitrogens with one attached hydrogen (secondary N) is 12. The molecule has 0 fully saturated rings. The number of H-pyrrole nitrogens is 8. The molecule has 0 aliphatic rings. The van der Waals surface area contributed by atoms with Crippen LogP contribution in [-0.4, -0.2) is 169 Å². The van der Waals surface area contributed by atoms with Crippen molar-refractivity contribution >= 4 is 135 Å². The van der Waals surface area contributed by atoms with Gasteiger partial charge in [0.1, 0.15) is 45.7 Å². The van der Waals surface area contributed by atoms with Gasteiger partial charge in [-0.3, -0.25) is 84.4 Å². The first-order chi connectivity index (χ1) is 72.4. The third-order valence-electron chi connectivity index (χ3n) is 24.2. The van der Waals surface area contributed by atoms with E-state index in [9.17, 15) is 32.3 Å². The lowest BCUT2D eigenvalue weighted by molar-refractivity contribution is -0.119. The lowest BCUT2D eigenvalue weighted by Crippen LogP contribution is -2.17. The summed E-state index contributed by atoms with van der Waals surface area (Å²) in [6.07, 6.45) is 38.4. The Morgan fingerprint density at radius 2 is 0.564 bits per heavy atom. The minimum absolute atomic E-state index is 0.0373. The molecule has 0 radical (unpaired) electrons. The number of amides is 4. The fraction of sp³-hybridized carbons (Fsp3) is 0.128. The van der Waals surface area contributed by atoms with Crippen molar-refractivity contribution in [2.24, 2.45) is 23.7 Å². The maximum atomic E-state index is 13.9. The van der Waals surface area contributed by atoms with E-state index in [1.165, 1.54) is 36.4 Å². The van der Waals surface area contributed by atoms with Gasteiger partial charge in [-0.25, -0.2) is 53.0 Å². The van der Waals surface area contributed by atoms with E-state index in [0.717, 1.165) is 122 Å². The van der Waals surface area contributed by atoms with Gasteiger partial charge in [-0.05, 0) is 120 Å². The summed E-state index contributed by atoms with van der Waals surface area (Å²) < 4.78 is 40.8. The minimum atomic E-state index is -0.328. The quantitative estimate of drug-likeness (QED) is 0.0300. The number of rotatable bonds is 22. The molecular weight excluding hydrogens is 1890 g/mol. The van der Waals surface area contributed by atoms with Crippen molar-refractivity contribution in [1.29, 1.82) is 0 Å². The summed E-state index contributed by atoms with van der Waals surface area (Å²) in [5.41, 5.74) is 26.2. The number of pyridine rings is 13. The smallest absolute Gasteiger partial charge is 0.226 e. The fourth-order valence-corrected chi connectivity index (χ4v) is 16.8. The van der Waals surface area contributed by atoms with Gasteiger partial charge in [0.05, 0.1) is 132 Å². The number of nitrogens with zero attached hydrogens (tertiary/aromatic N) is 21. The first-order valence-electron chi connectivity index (χ1n) is 47.4. The average Bonchev–Trinajstić information content (AvgIpc) is 1.62. The molecule has 0 bridgehead atoms. The zero-order valence-electron chi connectivity index (χ0n) is 80.8. The van der Waals surface area contributed by atoms with Crippen LogP contribution in [-0.2, 0) is 19.2 Å². The predicted molar refractivity (Wildman–Crippen MR) is 563 cm³/mol. The summed E-state index contributed by atoms with van der Waals surface area (Å²) in [7, 11) is 0. The van der Waals surface area contributed by atoms with Crippen molar-refractivity contribution in [3.05, 3.63) is 287 Å². The first-order valence-corrected chi connectivity index (χ1v) is 47.4. The molecule has 3 aromatic carbocycles. The standard InChI is InChI=1S/C28H23FN8O.2C27H21FN8O.C27H23N9O/c1-15(2)7-24(38)33-20-8-17(10-30-12-20)18-9-21-26(36-37-27(21)32-11-18)28-34-23-14-31-13-22(25(23)35-28)16-3-5-19(29)6-4-16;1-14(2)27(37)32-19-7-16(9-29-11-19)17-8-20-24(35-36-25(20)31-10-17)26-33-22-13-30-12-21(23(22)34-26)15-3-5-18(28)6-4-15;1-14(2)27(37)32-19-7-16(9-29-11-19)17-8-20-24(35-36-25(20)31-10-17)26-33-22-13-30-12-21(23(22)34-26)15-4-3-5-18(28)6-15;1-15(2)6-23(37)32-19-7-17(10-29-12-19)18-8-20-25(35-36-26(20)31-11-18)27-33-22-14-30-13-21(24(22)34-27)16-4-3-5-28-9-16/h3-6,8-15H,7H2,1-2H3,(H,33,38)(H,34,35)(H,32,36,37);2*3-14H,1-2H3,(H,32,37)(H,33,34)(H,31,35,36);3-5,7-15H,6H2,1-2H3,(H,32,37)(H,33,34)(H,31,35,36). The number of carbonyl (C=O) groups is 4. The van der Waals surface area contributed by atoms with E-state index < -0.39 is 0 Å². The number of anilines is 4. The number of benzene rings is 3. The number of hydrogen-bond donors (Lipinski definition) is 12. The van der Waals surface area contributed by atoms with Gasteiger partial charge in [-0.2, -0.15) is 20.4 Å². The van der Waals surface area contributed by atoms with E-state index in [1.807, 2.05) is 122 Å². The van der Waals surface area contributed by atoms with Crippen LogP contribution < -0.4 is 21.3 Å². The van der Waals surface area contributed by atoms with Crippen LogP contribution in [0.3, 0.4) is 0 Å². The van der Waals surface area contributed by atoms with E-state index in [4.69, 9.17) is 19.9 Å². The monoisotopic (exact) mass is 1980 g/mol. The van der Waals surface area contributed by atoms with E-state index in [0.29, 0.717) is 137 Å². The van der Waals surface area contributed by atoms with Gasteiger partial charge in [0, 0.05) is 184 Å². The molecule has 0 spiro atoms. The molecule has 24 aromatic rings. The molecule has 0 aliphatic carbocycles. The highest BCUT2D eigenvalue weighted by Crippen LogP contribution is 2.40. The molecule has 21 heterocycles. The fourth-order valence-electron chi connectivity index (χ4n) is 16.8. The maximum absolute atomic E-state index is 13.9. The van der Waals surface area contributed by atoms with Crippen LogP contribution in [0.1, 0.15) is 68.2 Å². The van der Waals surface area contributed by atoms with Crippen LogP contribution in [0.5, 0.6) is 0 Å².